The highest BCUT2D eigenvalue weighted by Crippen LogP contribution is 2.20. The van der Waals surface area contributed by atoms with Crippen LogP contribution in [0.15, 0.2) is 29.2 Å². The summed E-state index contributed by atoms with van der Waals surface area (Å²) in [5.41, 5.74) is 6.82. The van der Waals surface area contributed by atoms with Gasteiger partial charge in [0.2, 0.25) is 0 Å². The van der Waals surface area contributed by atoms with Crippen LogP contribution in [0.3, 0.4) is 0 Å². The Labute approximate surface area is 103 Å². The molecule has 3 nitrogen and oxygen atoms in total. The molecule has 0 aliphatic heterocycles. The van der Waals surface area contributed by atoms with E-state index in [-0.39, 0.29) is 6.04 Å². The Morgan fingerprint density at radius 2 is 2.18 bits per heavy atom. The van der Waals surface area contributed by atoms with Gasteiger partial charge in [0, 0.05) is 18.7 Å². The summed E-state index contributed by atoms with van der Waals surface area (Å²) in [6, 6.07) is 6.61. The summed E-state index contributed by atoms with van der Waals surface area (Å²) in [5.74, 6) is 2.56. The van der Waals surface area contributed by atoms with Gasteiger partial charge in [0.15, 0.2) is 9.84 Å². The number of hydrogen-bond acceptors (Lipinski definition) is 3. The Balaban J connectivity index is 2.82. The Kier molecular flexibility index (Phi) is 4.73. The zero-order valence-electron chi connectivity index (χ0n) is 9.89. The third-order valence-electron chi connectivity index (χ3n) is 2.55. The second-order valence-electron chi connectivity index (χ2n) is 4.05. The molecular formula is C13H17NO2S. The molecule has 0 aliphatic rings. The van der Waals surface area contributed by atoms with Crippen LogP contribution in [0, 0.1) is 12.3 Å². The summed E-state index contributed by atoms with van der Waals surface area (Å²) in [4.78, 5) is 0.308. The third kappa shape index (κ3) is 4.22. The van der Waals surface area contributed by atoms with Crippen LogP contribution in [0.1, 0.15) is 30.9 Å². The Hall–Kier alpha value is -1.31. The van der Waals surface area contributed by atoms with Crippen LogP contribution < -0.4 is 5.73 Å². The molecule has 1 aromatic carbocycles. The largest absolute Gasteiger partial charge is 0.324 e. The topological polar surface area (TPSA) is 60.2 Å². The first-order chi connectivity index (χ1) is 7.95. The average Bonchev–Trinajstić information content (AvgIpc) is 2.28. The molecule has 0 heterocycles. The van der Waals surface area contributed by atoms with Gasteiger partial charge >= 0.3 is 0 Å². The van der Waals surface area contributed by atoms with Crippen LogP contribution in [-0.4, -0.2) is 14.7 Å². The van der Waals surface area contributed by atoms with E-state index in [1.807, 2.05) is 6.07 Å². The smallest absolute Gasteiger partial charge is 0.175 e. The van der Waals surface area contributed by atoms with Crippen molar-refractivity contribution in [3.05, 3.63) is 29.8 Å². The van der Waals surface area contributed by atoms with E-state index in [0.717, 1.165) is 18.4 Å². The molecule has 92 valence electrons. The van der Waals surface area contributed by atoms with Crippen LogP contribution in [0.5, 0.6) is 0 Å². The van der Waals surface area contributed by atoms with Crippen molar-refractivity contribution in [3.8, 4) is 12.3 Å². The predicted molar refractivity (Wildman–Crippen MR) is 69.2 cm³/mol. The molecule has 1 aromatic rings. The van der Waals surface area contributed by atoms with E-state index in [1.165, 1.54) is 6.26 Å². The fraction of sp³-hybridized carbons (Fsp3) is 0.385. The molecule has 0 saturated carbocycles. The number of hydrogen-bond donors (Lipinski definition) is 1. The molecule has 0 aliphatic carbocycles. The molecule has 1 rings (SSSR count). The zero-order valence-corrected chi connectivity index (χ0v) is 10.7. The molecule has 0 amide bonds. The van der Waals surface area contributed by atoms with Gasteiger partial charge in [0.1, 0.15) is 0 Å². The summed E-state index contributed by atoms with van der Waals surface area (Å²) in [6.45, 7) is 0. The van der Waals surface area contributed by atoms with Gasteiger partial charge in [-0.3, -0.25) is 0 Å². The summed E-state index contributed by atoms with van der Waals surface area (Å²) in [7, 11) is -3.17. The lowest BCUT2D eigenvalue weighted by Crippen LogP contribution is -2.11. The molecule has 0 radical (unpaired) electrons. The van der Waals surface area contributed by atoms with Crippen LogP contribution in [0.25, 0.3) is 0 Å². The molecule has 0 aromatic heterocycles. The maximum Gasteiger partial charge on any atom is 0.175 e. The van der Waals surface area contributed by atoms with Gasteiger partial charge in [-0.1, -0.05) is 12.1 Å². The quantitative estimate of drug-likeness (QED) is 0.642. The van der Waals surface area contributed by atoms with Crippen LogP contribution in [0.4, 0.5) is 0 Å². The fourth-order valence-electron chi connectivity index (χ4n) is 1.57. The van der Waals surface area contributed by atoms with Gasteiger partial charge in [0.25, 0.3) is 0 Å². The lowest BCUT2D eigenvalue weighted by Gasteiger charge is -2.12. The summed E-state index contributed by atoms with van der Waals surface area (Å²) >= 11 is 0. The zero-order chi connectivity index (χ0) is 12.9. The minimum Gasteiger partial charge on any atom is -0.324 e. The van der Waals surface area contributed by atoms with Gasteiger partial charge in [-0.05, 0) is 30.5 Å². The molecule has 2 N–H and O–H groups in total. The maximum absolute atomic E-state index is 11.4. The molecule has 0 bridgehead atoms. The minimum atomic E-state index is -3.17. The number of rotatable bonds is 5. The summed E-state index contributed by atoms with van der Waals surface area (Å²) in [5, 5.41) is 0. The molecule has 0 fully saturated rings. The molecule has 1 unspecified atom stereocenters. The molecular weight excluding hydrogens is 234 g/mol. The summed E-state index contributed by atoms with van der Waals surface area (Å²) in [6.07, 6.45) is 8.66. The first-order valence-electron chi connectivity index (χ1n) is 5.44. The SMILES string of the molecule is C#CCCCC(N)c1cccc(S(C)(=O)=O)c1. The number of terminal acetylenes is 1. The second-order valence-corrected chi connectivity index (χ2v) is 6.06. The minimum absolute atomic E-state index is 0.162. The van der Waals surface area contributed by atoms with Crippen molar-refractivity contribution in [3.63, 3.8) is 0 Å². The van der Waals surface area contributed by atoms with E-state index in [0.29, 0.717) is 11.3 Å². The van der Waals surface area contributed by atoms with Crippen molar-refractivity contribution < 1.29 is 8.42 Å². The molecule has 0 saturated heterocycles. The van der Waals surface area contributed by atoms with Gasteiger partial charge < -0.3 is 5.73 Å². The van der Waals surface area contributed by atoms with E-state index in [4.69, 9.17) is 12.2 Å². The highest BCUT2D eigenvalue weighted by atomic mass is 32.2. The van der Waals surface area contributed by atoms with Crippen LogP contribution in [0.2, 0.25) is 0 Å². The van der Waals surface area contributed by atoms with Crippen molar-refractivity contribution in [2.24, 2.45) is 5.73 Å². The van der Waals surface area contributed by atoms with Crippen LogP contribution in [-0.2, 0) is 9.84 Å². The van der Waals surface area contributed by atoms with E-state index in [2.05, 4.69) is 5.92 Å². The van der Waals surface area contributed by atoms with Crippen molar-refractivity contribution in [2.45, 2.75) is 30.2 Å². The van der Waals surface area contributed by atoms with Gasteiger partial charge in [-0.15, -0.1) is 12.3 Å². The first kappa shape index (κ1) is 13.8. The van der Waals surface area contributed by atoms with E-state index >= 15 is 0 Å². The van der Waals surface area contributed by atoms with Crippen molar-refractivity contribution in [2.75, 3.05) is 6.26 Å². The first-order valence-corrected chi connectivity index (χ1v) is 7.33. The highest BCUT2D eigenvalue weighted by molar-refractivity contribution is 7.90. The predicted octanol–water partition coefficient (Wildman–Crippen LogP) is 1.89. The van der Waals surface area contributed by atoms with Crippen LogP contribution >= 0.6 is 0 Å². The molecule has 0 spiro atoms. The van der Waals surface area contributed by atoms with Gasteiger partial charge in [-0.25, -0.2) is 8.42 Å². The van der Waals surface area contributed by atoms with Crippen molar-refractivity contribution >= 4 is 9.84 Å². The maximum atomic E-state index is 11.4. The van der Waals surface area contributed by atoms with Gasteiger partial charge in [0.05, 0.1) is 4.90 Å². The van der Waals surface area contributed by atoms with E-state index in [1.54, 1.807) is 18.2 Å². The monoisotopic (exact) mass is 251 g/mol. The Morgan fingerprint density at radius 1 is 1.47 bits per heavy atom. The lowest BCUT2D eigenvalue weighted by atomic mass is 10.0. The third-order valence-corrected chi connectivity index (χ3v) is 3.66. The van der Waals surface area contributed by atoms with E-state index in [9.17, 15) is 8.42 Å². The number of unbranched alkanes of at least 4 members (excludes halogenated alkanes) is 1. The van der Waals surface area contributed by atoms with Crippen molar-refractivity contribution in [1.29, 1.82) is 0 Å². The number of nitrogens with two attached hydrogens (primary N) is 1. The van der Waals surface area contributed by atoms with Gasteiger partial charge in [-0.2, -0.15) is 0 Å². The van der Waals surface area contributed by atoms with Crippen molar-refractivity contribution in [1.82, 2.24) is 0 Å². The Bertz CT molecular complexity index is 514. The molecule has 17 heavy (non-hydrogen) atoms. The van der Waals surface area contributed by atoms with E-state index < -0.39 is 9.84 Å². The normalized spacial score (nSPS) is 13.0. The highest BCUT2D eigenvalue weighted by Gasteiger charge is 2.11. The lowest BCUT2D eigenvalue weighted by molar-refractivity contribution is 0.599. The fourth-order valence-corrected chi connectivity index (χ4v) is 2.24. The average molecular weight is 251 g/mol. The molecule has 4 heteroatoms. The Morgan fingerprint density at radius 3 is 2.76 bits per heavy atom. The standard InChI is InChI=1S/C13H17NO2S/c1-3-4-5-9-13(14)11-7-6-8-12(10-11)17(2,15)16/h1,6-8,10,13H,4-5,9,14H2,2H3. The summed E-state index contributed by atoms with van der Waals surface area (Å²) < 4.78 is 22.8. The number of benzene rings is 1. The second kappa shape index (κ2) is 5.85. The number of sulfone groups is 1. The molecule has 1 atom stereocenters.